The van der Waals surface area contributed by atoms with Crippen LogP contribution in [0, 0.1) is 5.82 Å². The third-order valence-corrected chi connectivity index (χ3v) is 1.68. The molecule has 0 aliphatic heterocycles. The van der Waals surface area contributed by atoms with Gasteiger partial charge in [0.05, 0.1) is 0 Å². The van der Waals surface area contributed by atoms with E-state index < -0.39 is 0 Å². The Kier molecular flexibility index (Phi) is 4.53. The highest BCUT2D eigenvalue weighted by atomic mass is 35.5. The van der Waals surface area contributed by atoms with Gasteiger partial charge in [0.1, 0.15) is 5.82 Å². The van der Waals surface area contributed by atoms with Crippen LogP contribution in [0.2, 0.25) is 5.02 Å². The Morgan fingerprint density at radius 3 is 2.50 bits per heavy atom. The molecule has 68 valence electrons. The lowest BCUT2D eigenvalue weighted by Gasteiger charge is -2.06. The molecular formula is C8H10Cl2FN. The van der Waals surface area contributed by atoms with Crippen LogP contribution < -0.4 is 5.73 Å². The van der Waals surface area contributed by atoms with Crippen molar-refractivity contribution >= 4 is 24.0 Å². The second-order valence-electron chi connectivity index (χ2n) is 2.45. The fourth-order valence-corrected chi connectivity index (χ4v) is 1.04. The normalized spacial score (nSPS) is 12.0. The van der Waals surface area contributed by atoms with Crippen LogP contribution in [0.3, 0.4) is 0 Å². The summed E-state index contributed by atoms with van der Waals surface area (Å²) < 4.78 is 12.9. The minimum atomic E-state index is -0.311. The monoisotopic (exact) mass is 209 g/mol. The molecule has 0 fully saturated rings. The molecule has 0 saturated carbocycles. The summed E-state index contributed by atoms with van der Waals surface area (Å²) in [5, 5.41) is 0.513. The van der Waals surface area contributed by atoms with Crippen LogP contribution in [-0.4, -0.2) is 0 Å². The lowest BCUT2D eigenvalue weighted by atomic mass is 10.1. The molecule has 1 aromatic rings. The van der Waals surface area contributed by atoms with Crippen LogP contribution in [0.4, 0.5) is 4.39 Å². The molecular weight excluding hydrogens is 200 g/mol. The van der Waals surface area contributed by atoms with Gasteiger partial charge in [-0.2, -0.15) is 0 Å². The van der Waals surface area contributed by atoms with Crippen molar-refractivity contribution in [2.45, 2.75) is 13.0 Å². The number of hydrogen-bond acceptors (Lipinski definition) is 1. The number of benzene rings is 1. The largest absolute Gasteiger partial charge is 0.324 e. The van der Waals surface area contributed by atoms with Crippen molar-refractivity contribution in [1.29, 1.82) is 0 Å². The molecule has 0 heterocycles. The van der Waals surface area contributed by atoms with Crippen molar-refractivity contribution in [1.82, 2.24) is 0 Å². The molecule has 0 aliphatic carbocycles. The van der Waals surface area contributed by atoms with E-state index in [9.17, 15) is 4.39 Å². The third-order valence-electron chi connectivity index (χ3n) is 1.45. The van der Waals surface area contributed by atoms with Gasteiger partial charge in [0.25, 0.3) is 0 Å². The van der Waals surface area contributed by atoms with Crippen molar-refractivity contribution in [3.63, 3.8) is 0 Å². The van der Waals surface area contributed by atoms with Gasteiger partial charge in [0.2, 0.25) is 0 Å². The highest BCUT2D eigenvalue weighted by molar-refractivity contribution is 6.30. The van der Waals surface area contributed by atoms with Gasteiger partial charge in [0, 0.05) is 16.6 Å². The molecule has 1 unspecified atom stereocenters. The zero-order valence-electron chi connectivity index (χ0n) is 6.55. The Morgan fingerprint density at radius 1 is 1.50 bits per heavy atom. The Hall–Kier alpha value is -0.310. The molecule has 0 saturated heterocycles. The molecule has 1 aromatic carbocycles. The molecule has 0 radical (unpaired) electrons. The Bertz CT molecular complexity index is 263. The summed E-state index contributed by atoms with van der Waals surface area (Å²) in [6.07, 6.45) is 0. The molecule has 1 atom stereocenters. The van der Waals surface area contributed by atoms with Crippen molar-refractivity contribution in [3.05, 3.63) is 34.6 Å². The summed E-state index contributed by atoms with van der Waals surface area (Å²) in [4.78, 5) is 0. The van der Waals surface area contributed by atoms with E-state index in [0.29, 0.717) is 10.6 Å². The second kappa shape index (κ2) is 4.65. The fraction of sp³-hybridized carbons (Fsp3) is 0.250. The summed E-state index contributed by atoms with van der Waals surface area (Å²) in [5.41, 5.74) is 5.94. The van der Waals surface area contributed by atoms with Crippen molar-refractivity contribution in [2.24, 2.45) is 5.73 Å². The average molecular weight is 210 g/mol. The lowest BCUT2D eigenvalue weighted by molar-refractivity contribution is 0.594. The van der Waals surface area contributed by atoms with Gasteiger partial charge < -0.3 is 5.73 Å². The van der Waals surface area contributed by atoms with E-state index in [1.54, 1.807) is 13.0 Å². The smallest absolute Gasteiger partial charge is 0.128 e. The molecule has 0 aliphatic rings. The van der Waals surface area contributed by atoms with E-state index >= 15 is 0 Å². The van der Waals surface area contributed by atoms with E-state index in [0.717, 1.165) is 0 Å². The molecule has 0 bridgehead atoms. The SMILES string of the molecule is CC(N)c1cc(Cl)ccc1F.Cl. The molecule has 1 nitrogen and oxygen atoms in total. The van der Waals surface area contributed by atoms with E-state index in [-0.39, 0.29) is 24.3 Å². The van der Waals surface area contributed by atoms with Crippen LogP contribution in [0.25, 0.3) is 0 Å². The summed E-state index contributed by atoms with van der Waals surface area (Å²) in [6.45, 7) is 1.72. The molecule has 0 aromatic heterocycles. The van der Waals surface area contributed by atoms with Crippen LogP contribution in [0.15, 0.2) is 18.2 Å². The predicted octanol–water partition coefficient (Wildman–Crippen LogP) is 2.92. The second-order valence-corrected chi connectivity index (χ2v) is 2.89. The van der Waals surface area contributed by atoms with Gasteiger partial charge in [-0.1, -0.05) is 11.6 Å². The van der Waals surface area contributed by atoms with Crippen LogP contribution in [-0.2, 0) is 0 Å². The zero-order chi connectivity index (χ0) is 8.43. The molecule has 12 heavy (non-hydrogen) atoms. The lowest BCUT2D eigenvalue weighted by Crippen LogP contribution is -2.06. The summed E-state index contributed by atoms with van der Waals surface area (Å²) in [5.74, 6) is -0.301. The molecule has 2 N–H and O–H groups in total. The fourth-order valence-electron chi connectivity index (χ4n) is 0.864. The number of halogens is 3. The first-order valence-corrected chi connectivity index (χ1v) is 3.69. The first kappa shape index (κ1) is 11.7. The summed E-state index contributed by atoms with van der Waals surface area (Å²) in [6, 6.07) is 4.06. The van der Waals surface area contributed by atoms with E-state index in [1.165, 1.54) is 12.1 Å². The number of hydrogen-bond donors (Lipinski definition) is 1. The molecule has 0 amide bonds. The highest BCUT2D eigenvalue weighted by Gasteiger charge is 2.06. The number of nitrogens with two attached hydrogens (primary N) is 1. The Morgan fingerprint density at radius 2 is 2.08 bits per heavy atom. The maximum Gasteiger partial charge on any atom is 0.128 e. The van der Waals surface area contributed by atoms with Gasteiger partial charge in [0.15, 0.2) is 0 Å². The standard InChI is InChI=1S/C8H9ClFN.ClH/c1-5(11)7-4-6(9)2-3-8(7)10;/h2-5H,11H2,1H3;1H. The van der Waals surface area contributed by atoms with Crippen LogP contribution in [0.1, 0.15) is 18.5 Å². The Labute approximate surface area is 82.1 Å². The van der Waals surface area contributed by atoms with Crippen molar-refractivity contribution < 1.29 is 4.39 Å². The van der Waals surface area contributed by atoms with Gasteiger partial charge in [-0.3, -0.25) is 0 Å². The first-order valence-electron chi connectivity index (χ1n) is 3.32. The predicted molar refractivity (Wildman–Crippen MR) is 51.3 cm³/mol. The van der Waals surface area contributed by atoms with E-state index in [4.69, 9.17) is 17.3 Å². The Balaban J connectivity index is 0.00000121. The van der Waals surface area contributed by atoms with Crippen LogP contribution >= 0.6 is 24.0 Å². The minimum absolute atomic E-state index is 0. The van der Waals surface area contributed by atoms with Crippen molar-refractivity contribution in [2.75, 3.05) is 0 Å². The quantitative estimate of drug-likeness (QED) is 0.757. The third kappa shape index (κ3) is 2.63. The maximum atomic E-state index is 12.9. The van der Waals surface area contributed by atoms with Gasteiger partial charge >= 0.3 is 0 Å². The number of rotatable bonds is 1. The van der Waals surface area contributed by atoms with Crippen molar-refractivity contribution in [3.8, 4) is 0 Å². The summed E-state index contributed by atoms with van der Waals surface area (Å²) in [7, 11) is 0. The molecule has 1 rings (SSSR count). The van der Waals surface area contributed by atoms with E-state index in [2.05, 4.69) is 0 Å². The van der Waals surface area contributed by atoms with Gasteiger partial charge in [-0.15, -0.1) is 12.4 Å². The zero-order valence-corrected chi connectivity index (χ0v) is 8.12. The average Bonchev–Trinajstić information content (AvgIpc) is 1.94. The van der Waals surface area contributed by atoms with Gasteiger partial charge in [-0.05, 0) is 25.1 Å². The van der Waals surface area contributed by atoms with Crippen LogP contribution in [0.5, 0.6) is 0 Å². The maximum absolute atomic E-state index is 12.9. The topological polar surface area (TPSA) is 26.0 Å². The first-order chi connectivity index (χ1) is 5.11. The highest BCUT2D eigenvalue weighted by Crippen LogP contribution is 2.19. The van der Waals surface area contributed by atoms with Gasteiger partial charge in [-0.25, -0.2) is 4.39 Å². The molecule has 4 heteroatoms. The van der Waals surface area contributed by atoms with E-state index in [1.807, 2.05) is 0 Å². The summed E-state index contributed by atoms with van der Waals surface area (Å²) >= 11 is 5.64. The minimum Gasteiger partial charge on any atom is -0.324 e. The molecule has 0 spiro atoms.